The second-order valence-electron chi connectivity index (χ2n) is 5.82. The summed E-state index contributed by atoms with van der Waals surface area (Å²) >= 11 is 0. The van der Waals surface area contributed by atoms with E-state index in [4.69, 9.17) is 4.74 Å². The zero-order valence-electron chi connectivity index (χ0n) is 13.0. The summed E-state index contributed by atoms with van der Waals surface area (Å²) in [4.78, 5) is 24.7. The average molecular weight is 297 g/mol. The van der Waals surface area contributed by atoms with Crippen molar-refractivity contribution in [2.75, 3.05) is 13.2 Å². The fourth-order valence-corrected chi connectivity index (χ4v) is 2.06. The number of ether oxygens (including phenoxy) is 2. The molecular formula is C15H23NO5. The smallest absolute Gasteiger partial charge is 0.410 e. The quantitative estimate of drug-likeness (QED) is 0.472. The van der Waals surface area contributed by atoms with Gasteiger partial charge in [-0.15, -0.1) is 0 Å². The van der Waals surface area contributed by atoms with Crippen molar-refractivity contribution < 1.29 is 24.2 Å². The van der Waals surface area contributed by atoms with Gasteiger partial charge in [-0.3, -0.25) is 0 Å². The van der Waals surface area contributed by atoms with Gasteiger partial charge in [-0.25, -0.2) is 9.59 Å². The predicted molar refractivity (Wildman–Crippen MR) is 76.4 cm³/mol. The number of carbonyl (C=O) groups excluding carboxylic acids is 2. The number of esters is 1. The molecule has 0 aromatic heterocycles. The van der Waals surface area contributed by atoms with E-state index < -0.39 is 29.8 Å². The number of nitrogens with zero attached hydrogens (tertiary/aromatic N) is 1. The van der Waals surface area contributed by atoms with Crippen molar-refractivity contribution in [3.63, 3.8) is 0 Å². The van der Waals surface area contributed by atoms with Crippen molar-refractivity contribution in [3.8, 4) is 11.8 Å². The van der Waals surface area contributed by atoms with E-state index >= 15 is 0 Å². The molecule has 1 saturated heterocycles. The third-order valence-corrected chi connectivity index (χ3v) is 2.89. The molecule has 0 spiro atoms. The molecule has 0 radical (unpaired) electrons. The lowest BCUT2D eigenvalue weighted by Crippen LogP contribution is -2.44. The first-order valence-corrected chi connectivity index (χ1v) is 7.10. The molecular weight excluding hydrogens is 274 g/mol. The van der Waals surface area contributed by atoms with E-state index in [-0.39, 0.29) is 6.61 Å². The highest BCUT2D eigenvalue weighted by Crippen LogP contribution is 2.23. The molecule has 1 heterocycles. The van der Waals surface area contributed by atoms with Gasteiger partial charge in [-0.2, -0.15) is 0 Å². The third-order valence-electron chi connectivity index (χ3n) is 2.89. The molecule has 1 fully saturated rings. The zero-order chi connectivity index (χ0) is 16.0. The van der Waals surface area contributed by atoms with Crippen LogP contribution in [0.5, 0.6) is 0 Å². The number of hydrogen-bond donors (Lipinski definition) is 1. The largest absolute Gasteiger partial charge is 0.456 e. The van der Waals surface area contributed by atoms with E-state index in [1.165, 1.54) is 4.90 Å². The summed E-state index contributed by atoms with van der Waals surface area (Å²) in [5.41, 5.74) is -0.591. The van der Waals surface area contributed by atoms with E-state index in [1.807, 2.05) is 0 Å². The Morgan fingerprint density at radius 3 is 2.67 bits per heavy atom. The fraction of sp³-hybridized carbons (Fsp3) is 0.733. The van der Waals surface area contributed by atoms with Crippen LogP contribution in [-0.4, -0.2) is 53.0 Å². The third kappa shape index (κ3) is 5.64. The molecule has 0 saturated carbocycles. The highest BCUT2D eigenvalue weighted by Gasteiger charge is 2.35. The summed E-state index contributed by atoms with van der Waals surface area (Å²) in [5, 5.41) is 10.1. The lowest BCUT2D eigenvalue weighted by Gasteiger charge is -2.29. The van der Waals surface area contributed by atoms with E-state index in [9.17, 15) is 14.7 Å². The Morgan fingerprint density at radius 1 is 1.43 bits per heavy atom. The standard InChI is InChI=1S/C15H23NO5/c1-5-20-13(18)9-8-12(17)11-7-6-10-16(11)14(19)21-15(2,3)4/h11-12,17H,5-7,10H2,1-4H3. The summed E-state index contributed by atoms with van der Waals surface area (Å²) in [6.45, 7) is 7.78. The Labute approximate surface area is 125 Å². The first-order valence-electron chi connectivity index (χ1n) is 7.10. The Hall–Kier alpha value is -1.74. The molecule has 1 aliphatic heterocycles. The molecule has 2 atom stereocenters. The second-order valence-corrected chi connectivity index (χ2v) is 5.82. The molecule has 6 nitrogen and oxygen atoms in total. The van der Waals surface area contributed by atoms with Gasteiger partial charge >= 0.3 is 12.1 Å². The molecule has 21 heavy (non-hydrogen) atoms. The molecule has 0 aliphatic carbocycles. The zero-order valence-corrected chi connectivity index (χ0v) is 13.0. The molecule has 1 N–H and O–H groups in total. The Bertz CT molecular complexity index is 443. The highest BCUT2D eigenvalue weighted by molar-refractivity contribution is 5.88. The Balaban J connectivity index is 2.68. The molecule has 0 aromatic carbocycles. The Kier molecular flexibility index (Phi) is 6.03. The summed E-state index contributed by atoms with van der Waals surface area (Å²) in [5.74, 6) is 3.98. The predicted octanol–water partition coefficient (Wildman–Crippen LogP) is 1.31. The lowest BCUT2D eigenvalue weighted by atomic mass is 10.1. The van der Waals surface area contributed by atoms with E-state index in [1.54, 1.807) is 27.7 Å². The van der Waals surface area contributed by atoms with Crippen LogP contribution in [-0.2, 0) is 14.3 Å². The van der Waals surface area contributed by atoms with Crippen molar-refractivity contribution in [2.24, 2.45) is 0 Å². The van der Waals surface area contributed by atoms with Gasteiger partial charge in [0.2, 0.25) is 0 Å². The first kappa shape index (κ1) is 17.3. The molecule has 0 bridgehead atoms. The number of rotatable bonds is 2. The molecule has 6 heteroatoms. The maximum atomic E-state index is 12.1. The SMILES string of the molecule is CCOC(=O)C#CC(O)C1CCCN1C(=O)OC(C)(C)C. The number of aliphatic hydroxyl groups excluding tert-OH is 1. The van der Waals surface area contributed by atoms with Crippen LogP contribution in [0.4, 0.5) is 4.79 Å². The second kappa shape index (κ2) is 7.32. The van der Waals surface area contributed by atoms with Crippen LogP contribution >= 0.6 is 0 Å². The number of hydrogen-bond acceptors (Lipinski definition) is 5. The monoisotopic (exact) mass is 297 g/mol. The van der Waals surface area contributed by atoms with Crippen LogP contribution in [0.15, 0.2) is 0 Å². The summed E-state index contributed by atoms with van der Waals surface area (Å²) in [6, 6.07) is -0.457. The van der Waals surface area contributed by atoms with Gasteiger partial charge in [-0.1, -0.05) is 5.92 Å². The number of likely N-dealkylation sites (tertiary alicyclic amines) is 1. The number of carbonyl (C=O) groups is 2. The molecule has 118 valence electrons. The van der Waals surface area contributed by atoms with Gasteiger partial charge in [0, 0.05) is 12.5 Å². The lowest BCUT2D eigenvalue weighted by molar-refractivity contribution is -0.136. The van der Waals surface area contributed by atoms with Gasteiger partial charge in [0.05, 0.1) is 12.6 Å². The van der Waals surface area contributed by atoms with Gasteiger partial charge < -0.3 is 19.5 Å². The van der Waals surface area contributed by atoms with Crippen LogP contribution in [0, 0.1) is 11.8 Å². The molecule has 1 aliphatic rings. The Morgan fingerprint density at radius 2 is 2.10 bits per heavy atom. The van der Waals surface area contributed by atoms with Crippen LogP contribution in [0.1, 0.15) is 40.5 Å². The number of amides is 1. The van der Waals surface area contributed by atoms with Gasteiger partial charge in [0.1, 0.15) is 11.7 Å². The molecule has 1 rings (SSSR count). The molecule has 1 amide bonds. The minimum Gasteiger partial charge on any atom is -0.456 e. The number of aliphatic hydroxyl groups is 1. The van der Waals surface area contributed by atoms with E-state index in [0.29, 0.717) is 13.0 Å². The van der Waals surface area contributed by atoms with Gasteiger partial charge in [-0.05, 0) is 40.5 Å². The first-order chi connectivity index (χ1) is 9.74. The van der Waals surface area contributed by atoms with Gasteiger partial charge in [0.25, 0.3) is 0 Å². The topological polar surface area (TPSA) is 76.1 Å². The highest BCUT2D eigenvalue weighted by atomic mass is 16.6. The summed E-state index contributed by atoms with van der Waals surface area (Å²) < 4.78 is 9.97. The van der Waals surface area contributed by atoms with E-state index in [2.05, 4.69) is 16.6 Å². The van der Waals surface area contributed by atoms with Crippen LogP contribution in [0.25, 0.3) is 0 Å². The minimum absolute atomic E-state index is 0.233. The van der Waals surface area contributed by atoms with Crippen molar-refractivity contribution in [2.45, 2.75) is 58.3 Å². The van der Waals surface area contributed by atoms with Crippen LogP contribution in [0.3, 0.4) is 0 Å². The normalized spacial score (nSPS) is 19.5. The maximum Gasteiger partial charge on any atom is 0.410 e. The van der Waals surface area contributed by atoms with Crippen molar-refractivity contribution in [1.82, 2.24) is 4.90 Å². The van der Waals surface area contributed by atoms with Gasteiger partial charge in [0.15, 0.2) is 0 Å². The maximum absolute atomic E-state index is 12.1. The molecule has 2 unspecified atom stereocenters. The fourth-order valence-electron chi connectivity index (χ4n) is 2.06. The minimum atomic E-state index is -1.09. The van der Waals surface area contributed by atoms with Crippen molar-refractivity contribution in [3.05, 3.63) is 0 Å². The van der Waals surface area contributed by atoms with Crippen LogP contribution in [0.2, 0.25) is 0 Å². The molecule has 0 aromatic rings. The summed E-state index contributed by atoms with van der Waals surface area (Å²) in [6.07, 6.45) is -0.175. The average Bonchev–Trinajstić information content (AvgIpc) is 2.83. The summed E-state index contributed by atoms with van der Waals surface area (Å²) in [7, 11) is 0. The van der Waals surface area contributed by atoms with Crippen LogP contribution < -0.4 is 0 Å². The van der Waals surface area contributed by atoms with Crippen molar-refractivity contribution in [1.29, 1.82) is 0 Å². The van der Waals surface area contributed by atoms with E-state index in [0.717, 1.165) is 6.42 Å². The van der Waals surface area contributed by atoms with Crippen molar-refractivity contribution >= 4 is 12.1 Å².